The molecule has 1 aromatic rings. The summed E-state index contributed by atoms with van der Waals surface area (Å²) in [6, 6.07) is 9.15. The van der Waals surface area contributed by atoms with Crippen LogP contribution < -0.4 is 20.3 Å². The second-order valence-corrected chi connectivity index (χ2v) is 6.60. The van der Waals surface area contributed by atoms with E-state index in [-0.39, 0.29) is 30.8 Å². The molecule has 0 saturated carbocycles. The van der Waals surface area contributed by atoms with Gasteiger partial charge in [-0.3, -0.25) is 9.59 Å². The topological polar surface area (TPSA) is 95.7 Å². The summed E-state index contributed by atoms with van der Waals surface area (Å²) in [5.41, 5.74) is -0.247. The van der Waals surface area contributed by atoms with Gasteiger partial charge in [0.25, 0.3) is 11.8 Å². The van der Waals surface area contributed by atoms with E-state index < -0.39 is 5.54 Å². The lowest BCUT2D eigenvalue weighted by Crippen LogP contribution is -3.11. The van der Waals surface area contributed by atoms with Gasteiger partial charge in [0.15, 0.2) is 13.1 Å². The standard InChI is InChI=1S/C18H26N4O3/c1-13(2)18(3,12-19)21-17(24)11-22(4)10-16(23)20-14-6-8-15(25-5)9-7-14/h6-9,13H,10-11H2,1-5H3,(H,20,23)(H,21,24)/p+1/t18-/m0/s1. The average Bonchev–Trinajstić information content (AvgIpc) is 2.54. The van der Waals surface area contributed by atoms with Crippen molar-refractivity contribution in [2.45, 2.75) is 26.3 Å². The number of nitrogens with one attached hydrogen (secondary N) is 3. The van der Waals surface area contributed by atoms with Crippen LogP contribution in [-0.4, -0.2) is 44.6 Å². The number of nitrogens with zero attached hydrogens (tertiary/aromatic N) is 1. The fraction of sp³-hybridized carbons (Fsp3) is 0.500. The van der Waals surface area contributed by atoms with Gasteiger partial charge in [0.2, 0.25) is 0 Å². The fourth-order valence-corrected chi connectivity index (χ4v) is 2.13. The van der Waals surface area contributed by atoms with Crippen LogP contribution in [0.4, 0.5) is 5.69 Å². The quantitative estimate of drug-likeness (QED) is 0.626. The first kappa shape index (κ1) is 20.5. The molecule has 1 rings (SSSR count). The number of amides is 2. The molecule has 0 bridgehead atoms. The highest BCUT2D eigenvalue weighted by Crippen LogP contribution is 2.15. The van der Waals surface area contributed by atoms with Gasteiger partial charge in [-0.1, -0.05) is 13.8 Å². The normalized spacial score (nSPS) is 14.1. The van der Waals surface area contributed by atoms with E-state index in [2.05, 4.69) is 16.7 Å². The van der Waals surface area contributed by atoms with Crippen LogP contribution in [0.3, 0.4) is 0 Å². The van der Waals surface area contributed by atoms with Crippen molar-refractivity contribution in [2.24, 2.45) is 5.92 Å². The van der Waals surface area contributed by atoms with Crippen LogP contribution in [0, 0.1) is 17.2 Å². The van der Waals surface area contributed by atoms with Crippen molar-refractivity contribution in [2.75, 3.05) is 32.6 Å². The summed E-state index contributed by atoms with van der Waals surface area (Å²) in [4.78, 5) is 24.9. The number of carbonyl (C=O) groups is 2. The highest BCUT2D eigenvalue weighted by Gasteiger charge is 2.31. The lowest BCUT2D eigenvalue weighted by Gasteiger charge is -2.27. The molecule has 0 radical (unpaired) electrons. The second kappa shape index (κ2) is 9.04. The molecule has 0 aliphatic rings. The van der Waals surface area contributed by atoms with Crippen LogP contribution in [0.5, 0.6) is 5.75 Å². The second-order valence-electron chi connectivity index (χ2n) is 6.60. The van der Waals surface area contributed by atoms with Crippen LogP contribution in [0.15, 0.2) is 24.3 Å². The summed E-state index contributed by atoms with van der Waals surface area (Å²) >= 11 is 0. The Bertz CT molecular complexity index is 637. The van der Waals surface area contributed by atoms with E-state index in [0.29, 0.717) is 11.4 Å². The van der Waals surface area contributed by atoms with Gasteiger partial charge in [-0.2, -0.15) is 5.26 Å². The van der Waals surface area contributed by atoms with Gasteiger partial charge in [-0.25, -0.2) is 0 Å². The Kier molecular flexibility index (Phi) is 7.40. The third-order valence-corrected chi connectivity index (χ3v) is 4.08. The third-order valence-electron chi connectivity index (χ3n) is 4.08. The number of rotatable bonds is 8. The average molecular weight is 347 g/mol. The summed E-state index contributed by atoms with van der Waals surface area (Å²) in [6.07, 6.45) is 0. The molecule has 0 heterocycles. The Morgan fingerprint density at radius 3 is 2.28 bits per heavy atom. The maximum Gasteiger partial charge on any atom is 0.279 e. The van der Waals surface area contributed by atoms with Crippen LogP contribution >= 0.6 is 0 Å². The number of anilines is 1. The molecular formula is C18H27N4O3+. The molecule has 0 aliphatic carbocycles. The van der Waals surface area contributed by atoms with Gasteiger partial charge in [-0.15, -0.1) is 0 Å². The molecule has 2 amide bonds. The van der Waals surface area contributed by atoms with Gasteiger partial charge >= 0.3 is 0 Å². The van der Waals surface area contributed by atoms with Crippen molar-refractivity contribution in [1.29, 1.82) is 5.26 Å². The van der Waals surface area contributed by atoms with Gasteiger partial charge in [-0.05, 0) is 37.1 Å². The van der Waals surface area contributed by atoms with E-state index in [1.165, 1.54) is 0 Å². The van der Waals surface area contributed by atoms with Gasteiger partial charge in [0.05, 0.1) is 20.2 Å². The smallest absolute Gasteiger partial charge is 0.279 e. The van der Waals surface area contributed by atoms with E-state index in [0.717, 1.165) is 4.90 Å². The minimum absolute atomic E-state index is 0.0138. The van der Waals surface area contributed by atoms with Gasteiger partial charge in [0, 0.05) is 5.69 Å². The first-order chi connectivity index (χ1) is 11.7. The largest absolute Gasteiger partial charge is 0.497 e. The lowest BCUT2D eigenvalue weighted by atomic mass is 9.90. The number of carbonyl (C=O) groups excluding carboxylic acids is 2. The highest BCUT2D eigenvalue weighted by molar-refractivity contribution is 5.91. The zero-order chi connectivity index (χ0) is 19.0. The number of quaternary nitrogens is 1. The molecule has 3 N–H and O–H groups in total. The Labute approximate surface area is 148 Å². The first-order valence-corrected chi connectivity index (χ1v) is 8.17. The molecule has 1 unspecified atom stereocenters. The molecule has 136 valence electrons. The molecule has 25 heavy (non-hydrogen) atoms. The van der Waals surface area contributed by atoms with Gasteiger partial charge in [0.1, 0.15) is 11.3 Å². The zero-order valence-corrected chi connectivity index (χ0v) is 15.5. The molecule has 0 aromatic heterocycles. The molecule has 7 nitrogen and oxygen atoms in total. The fourth-order valence-electron chi connectivity index (χ4n) is 2.13. The van der Waals surface area contributed by atoms with E-state index in [1.54, 1.807) is 45.3 Å². The molecule has 0 aliphatic heterocycles. The number of hydrogen-bond acceptors (Lipinski definition) is 4. The molecule has 0 saturated heterocycles. The van der Waals surface area contributed by atoms with E-state index in [9.17, 15) is 14.9 Å². The Morgan fingerprint density at radius 2 is 1.80 bits per heavy atom. The zero-order valence-electron chi connectivity index (χ0n) is 15.5. The number of ether oxygens (including phenoxy) is 1. The van der Waals surface area contributed by atoms with E-state index in [4.69, 9.17) is 4.74 Å². The number of likely N-dealkylation sites (N-methyl/N-ethyl adjacent to an activating group) is 1. The van der Waals surface area contributed by atoms with Crippen molar-refractivity contribution in [1.82, 2.24) is 5.32 Å². The maximum absolute atomic E-state index is 12.1. The predicted molar refractivity (Wildman–Crippen MR) is 95.2 cm³/mol. The Balaban J connectivity index is 2.49. The first-order valence-electron chi connectivity index (χ1n) is 8.17. The number of nitriles is 1. The van der Waals surface area contributed by atoms with Crippen molar-refractivity contribution in [3.05, 3.63) is 24.3 Å². The molecular weight excluding hydrogens is 320 g/mol. The van der Waals surface area contributed by atoms with Crippen LogP contribution in [0.25, 0.3) is 0 Å². The summed E-state index contributed by atoms with van der Waals surface area (Å²) < 4.78 is 5.06. The maximum atomic E-state index is 12.1. The minimum atomic E-state index is -0.914. The summed E-state index contributed by atoms with van der Waals surface area (Å²) in [5.74, 6) is 0.248. The van der Waals surface area contributed by atoms with Crippen molar-refractivity contribution in [3.8, 4) is 11.8 Å². The molecule has 7 heteroatoms. The number of hydrogen-bond donors (Lipinski definition) is 3. The summed E-state index contributed by atoms with van der Waals surface area (Å²) in [7, 11) is 3.33. The van der Waals surface area contributed by atoms with E-state index >= 15 is 0 Å². The molecule has 2 atom stereocenters. The van der Waals surface area contributed by atoms with Crippen molar-refractivity contribution < 1.29 is 19.2 Å². The van der Waals surface area contributed by atoms with Crippen molar-refractivity contribution >= 4 is 17.5 Å². The lowest BCUT2D eigenvalue weighted by molar-refractivity contribution is -0.862. The third kappa shape index (κ3) is 6.43. The van der Waals surface area contributed by atoms with Gasteiger partial charge < -0.3 is 20.3 Å². The van der Waals surface area contributed by atoms with Crippen LogP contribution in [0.1, 0.15) is 20.8 Å². The summed E-state index contributed by atoms with van der Waals surface area (Å²) in [5, 5.41) is 14.8. The van der Waals surface area contributed by atoms with Crippen LogP contribution in [-0.2, 0) is 9.59 Å². The Hall–Kier alpha value is -2.59. The minimum Gasteiger partial charge on any atom is -0.497 e. The summed E-state index contributed by atoms with van der Waals surface area (Å²) in [6.45, 7) is 5.70. The predicted octanol–water partition coefficient (Wildman–Crippen LogP) is 0.203. The monoisotopic (exact) mass is 347 g/mol. The van der Waals surface area contributed by atoms with E-state index in [1.807, 2.05) is 13.8 Å². The number of methoxy groups -OCH3 is 1. The molecule has 0 spiro atoms. The number of benzene rings is 1. The Morgan fingerprint density at radius 1 is 1.24 bits per heavy atom. The molecule has 0 fully saturated rings. The SMILES string of the molecule is COc1ccc(NC(=O)C[NH+](C)CC(=O)N[C@@](C)(C#N)C(C)C)cc1. The van der Waals surface area contributed by atoms with Crippen LogP contribution in [0.2, 0.25) is 0 Å². The van der Waals surface area contributed by atoms with Crippen molar-refractivity contribution in [3.63, 3.8) is 0 Å². The highest BCUT2D eigenvalue weighted by atomic mass is 16.5. The molecule has 1 aromatic carbocycles.